The summed E-state index contributed by atoms with van der Waals surface area (Å²) in [6, 6.07) is 0. The number of nitrogens with one attached hydrogen (secondary N) is 2. The maximum atomic E-state index is 12.1. The topological polar surface area (TPSA) is 131 Å². The normalized spacial score (nSPS) is 10.9. The molecule has 2 aromatic rings. The zero-order chi connectivity index (χ0) is 19.1. The first kappa shape index (κ1) is 19.6. The summed E-state index contributed by atoms with van der Waals surface area (Å²) >= 11 is 0. The van der Waals surface area contributed by atoms with Crippen LogP contribution in [0.1, 0.15) is 37.4 Å². The fourth-order valence-corrected chi connectivity index (χ4v) is 2.53. The molecule has 0 spiro atoms. The lowest BCUT2D eigenvalue weighted by atomic mass is 10.1. The molecule has 0 saturated heterocycles. The Labute approximate surface area is 150 Å². The highest BCUT2D eigenvalue weighted by Gasteiger charge is 2.19. The monoisotopic (exact) mass is 364 g/mol. The molecular weight excluding hydrogens is 340 g/mol. The number of hydrogen-bond acceptors (Lipinski definition) is 7. The number of aliphatic carboxylic acids is 1. The van der Waals surface area contributed by atoms with Crippen LogP contribution in [0.4, 0.5) is 11.4 Å². The van der Waals surface area contributed by atoms with Gasteiger partial charge < -0.3 is 20.5 Å². The highest BCUT2D eigenvalue weighted by molar-refractivity contribution is 6.00. The first-order valence-corrected chi connectivity index (χ1v) is 8.50. The van der Waals surface area contributed by atoms with E-state index in [0.717, 1.165) is 16.9 Å². The largest absolute Gasteiger partial charge is 0.481 e. The minimum Gasteiger partial charge on any atom is -0.481 e. The van der Waals surface area contributed by atoms with Crippen LogP contribution in [0.5, 0.6) is 0 Å². The van der Waals surface area contributed by atoms with Crippen molar-refractivity contribution in [1.82, 2.24) is 20.0 Å². The number of carboxylic acid groups (broad SMARTS) is 1. The van der Waals surface area contributed by atoms with Gasteiger partial charge in [-0.3, -0.25) is 9.59 Å². The van der Waals surface area contributed by atoms with Gasteiger partial charge in [-0.2, -0.15) is 4.52 Å². The van der Waals surface area contributed by atoms with Crippen molar-refractivity contribution in [1.29, 1.82) is 0 Å². The van der Waals surface area contributed by atoms with Crippen molar-refractivity contribution >= 4 is 28.9 Å². The summed E-state index contributed by atoms with van der Waals surface area (Å²) in [5.74, 6) is -1.11. The second-order valence-electron chi connectivity index (χ2n) is 5.84. The number of aromatic nitrogens is 4. The molecule has 0 aromatic carbocycles. The summed E-state index contributed by atoms with van der Waals surface area (Å²) in [7, 11) is 0. The molecule has 10 nitrogen and oxygen atoms in total. The fraction of sp³-hybridized carbons (Fsp3) is 0.562. The summed E-state index contributed by atoms with van der Waals surface area (Å²) in [6.07, 6.45) is 1.39. The maximum Gasteiger partial charge on any atom is 0.303 e. The second kappa shape index (κ2) is 9.09. The molecule has 1 amide bonds. The number of carbonyl (C=O) groups is 2. The van der Waals surface area contributed by atoms with Crippen molar-refractivity contribution in [3.8, 4) is 0 Å². The number of aryl methyl sites for hydroxylation is 1. The van der Waals surface area contributed by atoms with Crippen LogP contribution in [0.2, 0.25) is 0 Å². The van der Waals surface area contributed by atoms with Crippen molar-refractivity contribution in [2.24, 2.45) is 0 Å². The van der Waals surface area contributed by atoms with Crippen LogP contribution in [-0.4, -0.2) is 56.8 Å². The predicted octanol–water partition coefficient (Wildman–Crippen LogP) is 1.38. The predicted molar refractivity (Wildman–Crippen MR) is 95.4 cm³/mol. The molecule has 3 N–H and O–H groups in total. The maximum absolute atomic E-state index is 12.1. The van der Waals surface area contributed by atoms with Gasteiger partial charge in [0.05, 0.1) is 5.69 Å². The molecule has 0 atom stereocenters. The molecule has 0 saturated carbocycles. The van der Waals surface area contributed by atoms with Crippen LogP contribution in [0.25, 0.3) is 5.65 Å². The molecule has 0 aliphatic carbocycles. The SMILES string of the molecule is CCOCC(=O)Nc1c(NCCCCC(=O)O)c(C)c(C)n2nnnc12. The number of pyridine rings is 1. The first-order valence-electron chi connectivity index (χ1n) is 8.50. The quantitative estimate of drug-likeness (QED) is 0.539. The molecule has 2 heterocycles. The average molecular weight is 364 g/mol. The molecule has 0 aliphatic heterocycles. The Bertz CT molecular complexity index is 789. The molecule has 0 fully saturated rings. The van der Waals surface area contributed by atoms with E-state index in [2.05, 4.69) is 26.2 Å². The van der Waals surface area contributed by atoms with Crippen molar-refractivity contribution < 1.29 is 19.4 Å². The number of tetrazole rings is 1. The van der Waals surface area contributed by atoms with Gasteiger partial charge in [-0.25, -0.2) is 0 Å². The number of unbranched alkanes of at least 4 members (excludes halogenated alkanes) is 1. The van der Waals surface area contributed by atoms with Gasteiger partial charge in [-0.15, -0.1) is 5.10 Å². The van der Waals surface area contributed by atoms with Gasteiger partial charge in [0.1, 0.15) is 12.3 Å². The van der Waals surface area contributed by atoms with Gasteiger partial charge in [0, 0.05) is 25.3 Å². The Balaban J connectivity index is 2.24. The number of carbonyl (C=O) groups excluding carboxylic acids is 1. The van der Waals surface area contributed by atoms with Crippen molar-refractivity contribution in [3.63, 3.8) is 0 Å². The Morgan fingerprint density at radius 2 is 2.00 bits per heavy atom. The van der Waals surface area contributed by atoms with Crippen LogP contribution >= 0.6 is 0 Å². The van der Waals surface area contributed by atoms with Gasteiger partial charge in [-0.1, -0.05) is 0 Å². The van der Waals surface area contributed by atoms with E-state index in [1.165, 1.54) is 0 Å². The van der Waals surface area contributed by atoms with Gasteiger partial charge in [-0.05, 0) is 49.6 Å². The average Bonchev–Trinajstić information content (AvgIpc) is 3.09. The van der Waals surface area contributed by atoms with Crippen LogP contribution in [0.15, 0.2) is 0 Å². The lowest BCUT2D eigenvalue weighted by Gasteiger charge is -2.18. The van der Waals surface area contributed by atoms with E-state index in [9.17, 15) is 9.59 Å². The lowest BCUT2D eigenvalue weighted by molar-refractivity contribution is -0.137. The van der Waals surface area contributed by atoms with Crippen LogP contribution in [0.3, 0.4) is 0 Å². The number of nitrogens with zero attached hydrogens (tertiary/aromatic N) is 4. The van der Waals surface area contributed by atoms with Gasteiger partial charge in [0.15, 0.2) is 0 Å². The number of carboxylic acids is 1. The number of anilines is 2. The smallest absolute Gasteiger partial charge is 0.303 e. The van der Waals surface area contributed by atoms with Crippen LogP contribution in [-0.2, 0) is 14.3 Å². The molecule has 0 aliphatic rings. The van der Waals surface area contributed by atoms with E-state index < -0.39 is 5.97 Å². The minimum atomic E-state index is -0.808. The van der Waals surface area contributed by atoms with E-state index in [1.807, 2.05) is 20.8 Å². The molecule has 0 bridgehead atoms. The first-order chi connectivity index (χ1) is 12.5. The number of ether oxygens (including phenoxy) is 1. The fourth-order valence-electron chi connectivity index (χ4n) is 2.53. The number of hydrogen-bond donors (Lipinski definition) is 3. The number of rotatable bonds is 10. The van der Waals surface area contributed by atoms with E-state index >= 15 is 0 Å². The summed E-state index contributed by atoms with van der Waals surface area (Å²) in [5.41, 5.74) is 3.40. The molecule has 0 radical (unpaired) electrons. The highest BCUT2D eigenvalue weighted by Crippen LogP contribution is 2.31. The molecule has 2 rings (SSSR count). The molecule has 0 unspecified atom stereocenters. The molecule has 10 heteroatoms. The highest BCUT2D eigenvalue weighted by atomic mass is 16.5. The Kier molecular flexibility index (Phi) is 6.84. The van der Waals surface area contributed by atoms with Crippen molar-refractivity contribution in [2.75, 3.05) is 30.4 Å². The van der Waals surface area contributed by atoms with E-state index in [0.29, 0.717) is 37.3 Å². The number of fused-ring (bicyclic) bond motifs is 1. The van der Waals surface area contributed by atoms with Gasteiger partial charge in [0.25, 0.3) is 5.91 Å². The molecule has 26 heavy (non-hydrogen) atoms. The van der Waals surface area contributed by atoms with Gasteiger partial charge >= 0.3 is 5.97 Å². The van der Waals surface area contributed by atoms with Gasteiger partial charge in [0.2, 0.25) is 5.65 Å². The third-order valence-corrected chi connectivity index (χ3v) is 4.00. The van der Waals surface area contributed by atoms with Crippen molar-refractivity contribution in [3.05, 3.63) is 11.3 Å². The minimum absolute atomic E-state index is 0.0603. The second-order valence-corrected chi connectivity index (χ2v) is 5.84. The summed E-state index contributed by atoms with van der Waals surface area (Å²) in [5, 5.41) is 26.5. The summed E-state index contributed by atoms with van der Waals surface area (Å²) in [4.78, 5) is 22.7. The number of amides is 1. The van der Waals surface area contributed by atoms with Crippen molar-refractivity contribution in [2.45, 2.75) is 40.0 Å². The lowest BCUT2D eigenvalue weighted by Crippen LogP contribution is -2.21. The molecular formula is C16H24N6O4. The van der Waals surface area contributed by atoms with E-state index in [-0.39, 0.29) is 18.9 Å². The zero-order valence-electron chi connectivity index (χ0n) is 15.2. The molecule has 2 aromatic heterocycles. The third kappa shape index (κ3) is 4.66. The zero-order valence-corrected chi connectivity index (χ0v) is 15.2. The Morgan fingerprint density at radius 3 is 2.69 bits per heavy atom. The van der Waals surface area contributed by atoms with Crippen LogP contribution < -0.4 is 10.6 Å². The third-order valence-electron chi connectivity index (χ3n) is 4.00. The summed E-state index contributed by atoms with van der Waals surface area (Å²) < 4.78 is 6.71. The van der Waals surface area contributed by atoms with E-state index in [4.69, 9.17) is 9.84 Å². The Morgan fingerprint density at radius 1 is 1.23 bits per heavy atom. The van der Waals surface area contributed by atoms with Crippen LogP contribution in [0, 0.1) is 13.8 Å². The molecule has 142 valence electrons. The standard InChI is InChI=1S/C16H24N6O4/c1-4-26-9-12(23)18-15-14(17-8-6-5-7-13(24)25)10(2)11(3)22-16(15)19-20-21-22/h17H,4-9H2,1-3H3,(H,18,23)(H,24,25). The summed E-state index contributed by atoms with van der Waals surface area (Å²) in [6.45, 7) is 6.56. The Hall–Kier alpha value is -2.75. The van der Waals surface area contributed by atoms with E-state index in [1.54, 1.807) is 4.52 Å².